The minimum atomic E-state index is -0.707. The van der Waals surface area contributed by atoms with Crippen molar-refractivity contribution < 1.29 is 9.59 Å². The average Bonchev–Trinajstić information content (AvgIpc) is 2.99. The number of rotatable bonds is 1. The molecule has 0 radical (unpaired) electrons. The van der Waals surface area contributed by atoms with Crippen LogP contribution in [0, 0.1) is 0 Å². The standard InChI is InChI=1S/C13H13N5O2/c19-11(16-13-14-8-15-17-13)12(20)18-6-5-9-3-1-2-4-10(9)7-18/h1-4,8H,5-7H2,(H2,14,15,16,17,19). The topological polar surface area (TPSA) is 91.0 Å². The lowest BCUT2D eigenvalue weighted by Crippen LogP contribution is -2.42. The van der Waals surface area contributed by atoms with Crippen LogP contribution in [0.25, 0.3) is 0 Å². The van der Waals surface area contributed by atoms with Crippen LogP contribution in [0.4, 0.5) is 5.95 Å². The predicted octanol–water partition coefficient (Wildman–Crippen LogP) is 0.328. The Hall–Kier alpha value is -2.70. The molecule has 0 aliphatic carbocycles. The lowest BCUT2D eigenvalue weighted by Gasteiger charge is -2.28. The minimum absolute atomic E-state index is 0.167. The largest absolute Gasteiger partial charge is 0.330 e. The van der Waals surface area contributed by atoms with Crippen LogP contribution in [0.15, 0.2) is 30.6 Å². The highest BCUT2D eigenvalue weighted by molar-refractivity contribution is 6.39. The molecule has 102 valence electrons. The fraction of sp³-hybridized carbons (Fsp3) is 0.231. The second kappa shape index (κ2) is 5.12. The lowest BCUT2D eigenvalue weighted by molar-refractivity contribution is -0.143. The van der Waals surface area contributed by atoms with Gasteiger partial charge in [-0.1, -0.05) is 24.3 Å². The molecule has 0 fully saturated rings. The average molecular weight is 271 g/mol. The van der Waals surface area contributed by atoms with Crippen LogP contribution in [0.2, 0.25) is 0 Å². The molecule has 2 amide bonds. The van der Waals surface area contributed by atoms with Gasteiger partial charge in [-0.2, -0.15) is 10.1 Å². The number of amides is 2. The number of H-pyrrole nitrogens is 1. The van der Waals surface area contributed by atoms with Crippen molar-refractivity contribution in [3.63, 3.8) is 0 Å². The van der Waals surface area contributed by atoms with E-state index in [0.29, 0.717) is 13.1 Å². The summed E-state index contributed by atoms with van der Waals surface area (Å²) in [5.74, 6) is -1.10. The van der Waals surface area contributed by atoms with Gasteiger partial charge in [-0.25, -0.2) is 5.10 Å². The van der Waals surface area contributed by atoms with Crippen molar-refractivity contribution in [3.8, 4) is 0 Å². The molecule has 1 aliphatic heterocycles. The molecule has 7 nitrogen and oxygen atoms in total. The van der Waals surface area contributed by atoms with Crippen molar-refractivity contribution in [2.24, 2.45) is 0 Å². The zero-order valence-corrected chi connectivity index (χ0v) is 10.7. The van der Waals surface area contributed by atoms with Gasteiger partial charge in [0.15, 0.2) is 0 Å². The van der Waals surface area contributed by atoms with E-state index in [1.54, 1.807) is 0 Å². The van der Waals surface area contributed by atoms with Gasteiger partial charge in [-0.15, -0.1) is 0 Å². The number of hydrogen-bond acceptors (Lipinski definition) is 4. The van der Waals surface area contributed by atoms with Crippen molar-refractivity contribution in [2.75, 3.05) is 11.9 Å². The fourth-order valence-electron chi connectivity index (χ4n) is 2.24. The third kappa shape index (κ3) is 2.37. The second-order valence-electron chi connectivity index (χ2n) is 4.53. The number of carbonyl (C=O) groups excluding carboxylic acids is 2. The van der Waals surface area contributed by atoms with Crippen molar-refractivity contribution in [1.29, 1.82) is 0 Å². The van der Waals surface area contributed by atoms with E-state index in [2.05, 4.69) is 20.5 Å². The van der Waals surface area contributed by atoms with Gasteiger partial charge < -0.3 is 4.90 Å². The first-order valence-electron chi connectivity index (χ1n) is 6.26. The Balaban J connectivity index is 1.68. The van der Waals surface area contributed by atoms with Crippen molar-refractivity contribution in [3.05, 3.63) is 41.7 Å². The van der Waals surface area contributed by atoms with E-state index < -0.39 is 11.8 Å². The Labute approximate surface area is 115 Å². The molecule has 20 heavy (non-hydrogen) atoms. The van der Waals surface area contributed by atoms with Crippen LogP contribution in [-0.2, 0) is 22.6 Å². The van der Waals surface area contributed by atoms with E-state index in [-0.39, 0.29) is 5.95 Å². The predicted molar refractivity (Wildman–Crippen MR) is 70.6 cm³/mol. The van der Waals surface area contributed by atoms with Crippen LogP contribution in [0.3, 0.4) is 0 Å². The number of aromatic nitrogens is 3. The normalized spacial score (nSPS) is 13.7. The van der Waals surface area contributed by atoms with E-state index in [0.717, 1.165) is 12.0 Å². The number of benzene rings is 1. The monoisotopic (exact) mass is 271 g/mol. The molecule has 0 bridgehead atoms. The number of nitrogens with one attached hydrogen (secondary N) is 2. The molecular weight excluding hydrogens is 258 g/mol. The number of fused-ring (bicyclic) bond motifs is 1. The number of aromatic amines is 1. The maximum Gasteiger partial charge on any atom is 0.316 e. The molecule has 1 aromatic heterocycles. The molecular formula is C13H13N5O2. The number of hydrogen-bond donors (Lipinski definition) is 2. The highest BCUT2D eigenvalue weighted by atomic mass is 16.2. The Kier molecular flexibility index (Phi) is 3.16. The van der Waals surface area contributed by atoms with Crippen LogP contribution in [0.1, 0.15) is 11.1 Å². The molecule has 1 aliphatic rings. The SMILES string of the molecule is O=C(Nc1ncn[nH]1)C(=O)N1CCc2ccccc2C1. The first-order valence-corrected chi connectivity index (χ1v) is 6.26. The summed E-state index contributed by atoms with van der Waals surface area (Å²) in [6.45, 7) is 0.999. The maximum absolute atomic E-state index is 12.1. The molecule has 0 spiro atoms. The summed E-state index contributed by atoms with van der Waals surface area (Å²) in [7, 11) is 0. The third-order valence-electron chi connectivity index (χ3n) is 3.26. The zero-order chi connectivity index (χ0) is 13.9. The summed E-state index contributed by atoms with van der Waals surface area (Å²) >= 11 is 0. The highest BCUT2D eigenvalue weighted by Crippen LogP contribution is 2.18. The zero-order valence-electron chi connectivity index (χ0n) is 10.7. The Morgan fingerprint density at radius 2 is 2.05 bits per heavy atom. The molecule has 0 saturated heterocycles. The van der Waals surface area contributed by atoms with Gasteiger partial charge in [-0.05, 0) is 17.5 Å². The summed E-state index contributed by atoms with van der Waals surface area (Å²) in [5.41, 5.74) is 2.31. The Morgan fingerprint density at radius 1 is 1.25 bits per heavy atom. The lowest BCUT2D eigenvalue weighted by atomic mass is 10.00. The maximum atomic E-state index is 12.1. The third-order valence-corrected chi connectivity index (χ3v) is 3.26. The summed E-state index contributed by atoms with van der Waals surface area (Å²) in [4.78, 5) is 29.2. The molecule has 0 saturated carbocycles. The number of nitrogens with zero attached hydrogens (tertiary/aromatic N) is 3. The molecule has 0 unspecified atom stereocenters. The molecule has 3 rings (SSSR count). The van der Waals surface area contributed by atoms with Crippen LogP contribution in [-0.4, -0.2) is 38.4 Å². The van der Waals surface area contributed by atoms with Gasteiger partial charge in [0.05, 0.1) is 0 Å². The van der Waals surface area contributed by atoms with E-state index >= 15 is 0 Å². The Bertz CT molecular complexity index is 638. The number of anilines is 1. The number of carbonyl (C=O) groups is 2. The molecule has 7 heteroatoms. The summed E-state index contributed by atoms with van der Waals surface area (Å²) < 4.78 is 0. The van der Waals surface area contributed by atoms with Gasteiger partial charge in [0, 0.05) is 13.1 Å². The second-order valence-corrected chi connectivity index (χ2v) is 4.53. The first-order chi connectivity index (χ1) is 9.74. The molecule has 2 aromatic rings. The molecule has 0 atom stereocenters. The quantitative estimate of drug-likeness (QED) is 0.731. The molecule has 2 N–H and O–H groups in total. The van der Waals surface area contributed by atoms with Gasteiger partial charge in [0.1, 0.15) is 6.33 Å². The summed E-state index contributed by atoms with van der Waals surface area (Å²) in [5, 5.41) is 8.46. The van der Waals surface area contributed by atoms with Crippen LogP contribution in [0.5, 0.6) is 0 Å². The van der Waals surface area contributed by atoms with Gasteiger partial charge >= 0.3 is 11.8 Å². The first kappa shape index (κ1) is 12.3. The smallest absolute Gasteiger partial charge is 0.316 e. The molecule has 2 heterocycles. The highest BCUT2D eigenvalue weighted by Gasteiger charge is 2.26. The van der Waals surface area contributed by atoms with E-state index in [9.17, 15) is 9.59 Å². The Morgan fingerprint density at radius 3 is 2.80 bits per heavy atom. The minimum Gasteiger partial charge on any atom is -0.330 e. The van der Waals surface area contributed by atoms with Gasteiger partial charge in [0.2, 0.25) is 5.95 Å². The van der Waals surface area contributed by atoms with Gasteiger partial charge in [0.25, 0.3) is 0 Å². The van der Waals surface area contributed by atoms with Crippen molar-refractivity contribution in [2.45, 2.75) is 13.0 Å². The van der Waals surface area contributed by atoms with Crippen LogP contribution < -0.4 is 5.32 Å². The van der Waals surface area contributed by atoms with Gasteiger partial charge in [-0.3, -0.25) is 14.9 Å². The summed E-state index contributed by atoms with van der Waals surface area (Å²) in [6.07, 6.45) is 2.02. The summed E-state index contributed by atoms with van der Waals surface area (Å²) in [6, 6.07) is 7.93. The fourth-order valence-corrected chi connectivity index (χ4v) is 2.24. The van der Waals surface area contributed by atoms with Crippen molar-refractivity contribution >= 4 is 17.8 Å². The van der Waals surface area contributed by atoms with E-state index in [1.165, 1.54) is 16.8 Å². The van der Waals surface area contributed by atoms with Crippen molar-refractivity contribution in [1.82, 2.24) is 20.1 Å². The molecule has 1 aromatic carbocycles. The van der Waals surface area contributed by atoms with E-state index in [4.69, 9.17) is 0 Å². The van der Waals surface area contributed by atoms with E-state index in [1.807, 2.05) is 24.3 Å². The van der Waals surface area contributed by atoms with Crippen LogP contribution >= 0.6 is 0 Å².